The van der Waals surface area contributed by atoms with Gasteiger partial charge in [-0.3, -0.25) is 0 Å². The quantitative estimate of drug-likeness (QED) is 0.600. The maximum Gasteiger partial charge on any atom is 0.225 e. The summed E-state index contributed by atoms with van der Waals surface area (Å²) in [7, 11) is 1.63. The molecule has 0 aliphatic rings. The number of methoxy groups -OCH3 is 1. The number of rotatable bonds is 7. The van der Waals surface area contributed by atoms with Crippen LogP contribution in [0.1, 0.15) is 5.69 Å². The Morgan fingerprint density at radius 1 is 1.30 bits per heavy atom. The average Bonchev–Trinajstić information content (AvgIpc) is 2.95. The Kier molecular flexibility index (Phi) is 4.91. The summed E-state index contributed by atoms with van der Waals surface area (Å²) in [5.74, 6) is 1.15. The second-order valence-electron chi connectivity index (χ2n) is 4.69. The Hall–Kier alpha value is -2.36. The molecule has 0 saturated heterocycles. The van der Waals surface area contributed by atoms with E-state index in [9.17, 15) is 0 Å². The first-order chi connectivity index (χ1) is 11.3. The van der Waals surface area contributed by atoms with Crippen LogP contribution in [0.2, 0.25) is 0 Å². The third-order valence-corrected chi connectivity index (χ3v) is 3.79. The van der Waals surface area contributed by atoms with Gasteiger partial charge in [-0.25, -0.2) is 15.0 Å². The molecule has 0 amide bonds. The molecule has 0 aliphatic carbocycles. The summed E-state index contributed by atoms with van der Waals surface area (Å²) in [6, 6.07) is 5.62. The average molecular weight is 331 g/mol. The summed E-state index contributed by atoms with van der Waals surface area (Å²) in [4.78, 5) is 18.4. The Bertz CT molecular complexity index is 759. The van der Waals surface area contributed by atoms with Crippen molar-refractivity contribution in [2.45, 2.75) is 6.61 Å². The molecular weight excluding hydrogens is 314 g/mol. The van der Waals surface area contributed by atoms with Crippen LogP contribution < -0.4 is 16.4 Å². The van der Waals surface area contributed by atoms with Crippen molar-refractivity contribution in [2.75, 3.05) is 30.8 Å². The van der Waals surface area contributed by atoms with Crippen molar-refractivity contribution in [1.29, 1.82) is 0 Å². The van der Waals surface area contributed by atoms with Crippen molar-refractivity contribution in [1.82, 2.24) is 19.9 Å². The molecule has 0 radical (unpaired) electrons. The van der Waals surface area contributed by atoms with Gasteiger partial charge >= 0.3 is 0 Å². The van der Waals surface area contributed by atoms with E-state index in [-0.39, 0.29) is 0 Å². The molecule has 23 heavy (non-hydrogen) atoms. The molecule has 4 N–H and O–H groups in total. The van der Waals surface area contributed by atoms with E-state index >= 15 is 0 Å². The summed E-state index contributed by atoms with van der Waals surface area (Å²) >= 11 is 1.47. The molecule has 0 spiro atoms. The molecule has 8 nitrogen and oxygen atoms in total. The van der Waals surface area contributed by atoms with Gasteiger partial charge in [0.1, 0.15) is 16.2 Å². The van der Waals surface area contributed by atoms with Crippen molar-refractivity contribution >= 4 is 38.6 Å². The fourth-order valence-corrected chi connectivity index (χ4v) is 2.79. The second kappa shape index (κ2) is 7.27. The Balaban J connectivity index is 1.86. The topological polar surface area (TPSA) is 111 Å². The van der Waals surface area contributed by atoms with Crippen molar-refractivity contribution in [2.24, 2.45) is 5.73 Å². The van der Waals surface area contributed by atoms with Gasteiger partial charge in [-0.1, -0.05) is 11.3 Å². The zero-order valence-corrected chi connectivity index (χ0v) is 13.4. The number of aromatic nitrogens is 4. The van der Waals surface area contributed by atoms with Gasteiger partial charge in [-0.2, -0.15) is 4.98 Å². The predicted molar refractivity (Wildman–Crippen MR) is 91.0 cm³/mol. The third kappa shape index (κ3) is 3.89. The highest BCUT2D eigenvalue weighted by Crippen LogP contribution is 2.26. The van der Waals surface area contributed by atoms with Crippen LogP contribution in [0.15, 0.2) is 24.4 Å². The lowest BCUT2D eigenvalue weighted by molar-refractivity contribution is 0.181. The first-order valence-corrected chi connectivity index (χ1v) is 7.89. The van der Waals surface area contributed by atoms with Crippen LogP contribution in [-0.2, 0) is 11.3 Å². The van der Waals surface area contributed by atoms with Crippen LogP contribution in [0.4, 0.5) is 16.9 Å². The van der Waals surface area contributed by atoms with Gasteiger partial charge in [0.05, 0.1) is 12.3 Å². The lowest BCUT2D eigenvalue weighted by Crippen LogP contribution is -2.15. The number of nitrogens with one attached hydrogen (secondary N) is 2. The third-order valence-electron chi connectivity index (χ3n) is 2.90. The fraction of sp³-hybridized carbons (Fsp3) is 0.286. The number of hydrogen-bond acceptors (Lipinski definition) is 9. The molecule has 3 heterocycles. The number of anilines is 3. The molecule has 0 aliphatic heterocycles. The normalized spacial score (nSPS) is 10.9. The summed E-state index contributed by atoms with van der Waals surface area (Å²) < 4.78 is 5.15. The molecule has 9 heteroatoms. The molecule has 0 fully saturated rings. The van der Waals surface area contributed by atoms with E-state index in [2.05, 4.69) is 30.6 Å². The van der Waals surface area contributed by atoms with Crippen LogP contribution in [0.3, 0.4) is 0 Å². The zero-order valence-electron chi connectivity index (χ0n) is 12.6. The molecule has 3 aromatic heterocycles. The van der Waals surface area contributed by atoms with E-state index in [1.807, 2.05) is 18.2 Å². The van der Waals surface area contributed by atoms with Crippen LogP contribution in [0.25, 0.3) is 10.3 Å². The number of thiazole rings is 1. The van der Waals surface area contributed by atoms with Crippen molar-refractivity contribution < 1.29 is 4.74 Å². The minimum Gasteiger partial charge on any atom is -0.378 e. The van der Waals surface area contributed by atoms with Gasteiger partial charge in [0.25, 0.3) is 0 Å². The van der Waals surface area contributed by atoms with Gasteiger partial charge < -0.3 is 21.1 Å². The number of hydrogen-bond donors (Lipinski definition) is 3. The summed E-state index contributed by atoms with van der Waals surface area (Å²) in [5.41, 5.74) is 7.13. The molecular formula is C14H17N7OS. The van der Waals surface area contributed by atoms with Gasteiger partial charge in [0, 0.05) is 32.5 Å². The van der Waals surface area contributed by atoms with Gasteiger partial charge in [-0.05, 0) is 12.1 Å². The Morgan fingerprint density at radius 2 is 2.22 bits per heavy atom. The van der Waals surface area contributed by atoms with Gasteiger partial charge in [0.2, 0.25) is 5.95 Å². The molecule has 0 bridgehead atoms. The summed E-state index contributed by atoms with van der Waals surface area (Å²) in [6.45, 7) is 1.50. The molecule has 120 valence electrons. The van der Waals surface area contributed by atoms with E-state index in [1.54, 1.807) is 13.3 Å². The standard InChI is InChI=1S/C14H17N7OS/c1-22-8-9-7-11(20-13(18-9)17-6-4-15)21-14-19-10-3-2-5-16-12(10)23-14/h2-3,5,7H,4,6,8,15H2,1H3,(H2,17,18,19,20,21). The second-order valence-corrected chi connectivity index (χ2v) is 5.67. The highest BCUT2D eigenvalue weighted by atomic mass is 32.1. The zero-order chi connectivity index (χ0) is 16.1. The van der Waals surface area contributed by atoms with Crippen LogP contribution in [0, 0.1) is 0 Å². The van der Waals surface area contributed by atoms with Crippen molar-refractivity contribution in [3.8, 4) is 0 Å². The van der Waals surface area contributed by atoms with E-state index < -0.39 is 0 Å². The highest BCUT2D eigenvalue weighted by molar-refractivity contribution is 7.21. The van der Waals surface area contributed by atoms with E-state index in [0.29, 0.717) is 31.5 Å². The molecule has 0 unspecified atom stereocenters. The Labute approximate surface area is 137 Å². The van der Waals surface area contributed by atoms with Gasteiger partial charge in [-0.15, -0.1) is 0 Å². The molecule has 0 aromatic carbocycles. The maximum atomic E-state index is 5.50. The number of nitrogens with two attached hydrogens (primary N) is 1. The maximum absolute atomic E-state index is 5.50. The molecule has 0 atom stereocenters. The van der Waals surface area contributed by atoms with Crippen molar-refractivity contribution in [3.05, 3.63) is 30.1 Å². The lowest BCUT2D eigenvalue weighted by Gasteiger charge is -2.09. The highest BCUT2D eigenvalue weighted by Gasteiger charge is 2.08. The summed E-state index contributed by atoms with van der Waals surface area (Å²) in [6.07, 6.45) is 1.75. The smallest absolute Gasteiger partial charge is 0.225 e. The largest absolute Gasteiger partial charge is 0.378 e. The summed E-state index contributed by atoms with van der Waals surface area (Å²) in [5, 5.41) is 7.00. The number of nitrogens with zero attached hydrogens (tertiary/aromatic N) is 4. The van der Waals surface area contributed by atoms with E-state index in [1.165, 1.54) is 11.3 Å². The SMILES string of the molecule is COCc1cc(Nc2nc3cccnc3s2)nc(NCCN)n1. The Morgan fingerprint density at radius 3 is 3.00 bits per heavy atom. The van der Waals surface area contributed by atoms with E-state index in [4.69, 9.17) is 10.5 Å². The van der Waals surface area contributed by atoms with Crippen LogP contribution >= 0.6 is 11.3 Å². The first kappa shape index (κ1) is 15.5. The van der Waals surface area contributed by atoms with Crippen molar-refractivity contribution in [3.63, 3.8) is 0 Å². The molecule has 0 saturated carbocycles. The first-order valence-electron chi connectivity index (χ1n) is 7.08. The fourth-order valence-electron chi connectivity index (χ4n) is 1.98. The molecule has 3 aromatic rings. The number of pyridine rings is 1. The lowest BCUT2D eigenvalue weighted by atomic mass is 10.4. The predicted octanol–water partition coefficient (Wildman–Crippen LogP) is 1.74. The molecule has 3 rings (SSSR count). The minimum atomic E-state index is 0.399. The number of ether oxygens (including phenoxy) is 1. The number of fused-ring (bicyclic) bond motifs is 1. The monoisotopic (exact) mass is 331 g/mol. The van der Waals surface area contributed by atoms with Crippen LogP contribution in [-0.4, -0.2) is 40.1 Å². The van der Waals surface area contributed by atoms with Crippen LogP contribution in [0.5, 0.6) is 0 Å². The minimum absolute atomic E-state index is 0.399. The van der Waals surface area contributed by atoms with Gasteiger partial charge in [0.15, 0.2) is 5.13 Å². The van der Waals surface area contributed by atoms with E-state index in [0.717, 1.165) is 21.2 Å².